The van der Waals surface area contributed by atoms with Gasteiger partial charge in [-0.3, -0.25) is 4.79 Å². The van der Waals surface area contributed by atoms with Crippen LogP contribution in [0.1, 0.15) is 17.0 Å². The van der Waals surface area contributed by atoms with Gasteiger partial charge in [0.1, 0.15) is 17.5 Å². The molecule has 6 nitrogen and oxygen atoms in total. The maximum absolute atomic E-state index is 13.1. The van der Waals surface area contributed by atoms with Crippen molar-refractivity contribution < 1.29 is 9.13 Å². The summed E-state index contributed by atoms with van der Waals surface area (Å²) in [5, 5.41) is 9.29. The normalized spacial score (nSPS) is 16.9. The number of nitriles is 1. The standard InChI is InChI=1S/C14H9FN4O2/c15-8-3-1-7(2-4-8)10-9(5-16)12(17)21-14-11(10)13(20)18-6-19-14/h1-4,6,10H,17H2,(H,18,19,20)/t10-/m0/s1. The zero-order valence-corrected chi connectivity index (χ0v) is 10.6. The third-order valence-corrected chi connectivity index (χ3v) is 3.23. The molecule has 0 radical (unpaired) electrons. The summed E-state index contributed by atoms with van der Waals surface area (Å²) in [7, 11) is 0. The smallest absolute Gasteiger partial charge is 0.258 e. The molecule has 1 aliphatic rings. The monoisotopic (exact) mass is 284 g/mol. The maximum Gasteiger partial charge on any atom is 0.258 e. The van der Waals surface area contributed by atoms with Crippen LogP contribution >= 0.6 is 0 Å². The number of benzene rings is 1. The molecule has 3 rings (SSSR count). The Balaban J connectivity index is 2.28. The minimum Gasteiger partial charge on any atom is -0.422 e. The van der Waals surface area contributed by atoms with Crippen LogP contribution in [0.15, 0.2) is 46.8 Å². The van der Waals surface area contributed by atoms with Crippen molar-refractivity contribution in [3.8, 4) is 11.9 Å². The molecule has 0 unspecified atom stereocenters. The molecule has 0 aliphatic carbocycles. The van der Waals surface area contributed by atoms with Gasteiger partial charge in [0.25, 0.3) is 5.56 Å². The van der Waals surface area contributed by atoms with E-state index < -0.39 is 17.3 Å². The van der Waals surface area contributed by atoms with E-state index in [4.69, 9.17) is 10.5 Å². The number of allylic oxidation sites excluding steroid dienone is 1. The first kappa shape index (κ1) is 12.9. The Morgan fingerprint density at radius 1 is 1.38 bits per heavy atom. The fourth-order valence-corrected chi connectivity index (χ4v) is 2.28. The number of aromatic amines is 1. The van der Waals surface area contributed by atoms with Crippen LogP contribution in [-0.2, 0) is 0 Å². The highest BCUT2D eigenvalue weighted by atomic mass is 19.1. The molecule has 2 heterocycles. The summed E-state index contributed by atoms with van der Waals surface area (Å²) in [5.74, 6) is -1.22. The molecule has 0 spiro atoms. The number of rotatable bonds is 1. The van der Waals surface area contributed by atoms with E-state index in [9.17, 15) is 14.4 Å². The van der Waals surface area contributed by atoms with Crippen molar-refractivity contribution in [2.45, 2.75) is 5.92 Å². The SMILES string of the molecule is N#CC1=C(N)Oc2nc[nH]c(=O)c2[C@H]1c1ccc(F)cc1. The van der Waals surface area contributed by atoms with E-state index in [2.05, 4.69) is 9.97 Å². The zero-order valence-electron chi connectivity index (χ0n) is 10.6. The second-order valence-electron chi connectivity index (χ2n) is 4.43. The lowest BCUT2D eigenvalue weighted by molar-refractivity contribution is 0.375. The highest BCUT2D eigenvalue weighted by Gasteiger charge is 2.33. The van der Waals surface area contributed by atoms with Crippen LogP contribution in [-0.4, -0.2) is 9.97 Å². The van der Waals surface area contributed by atoms with Crippen LogP contribution in [0.4, 0.5) is 4.39 Å². The number of fused-ring (bicyclic) bond motifs is 1. The van der Waals surface area contributed by atoms with Gasteiger partial charge in [-0.2, -0.15) is 5.26 Å². The molecule has 3 N–H and O–H groups in total. The van der Waals surface area contributed by atoms with Gasteiger partial charge < -0.3 is 15.5 Å². The van der Waals surface area contributed by atoms with Gasteiger partial charge in [-0.25, -0.2) is 9.37 Å². The lowest BCUT2D eigenvalue weighted by Gasteiger charge is -2.24. The molecular formula is C14H9FN4O2. The number of nitrogens with zero attached hydrogens (tertiary/aromatic N) is 2. The molecule has 2 aromatic rings. The number of halogens is 1. The lowest BCUT2D eigenvalue weighted by Crippen LogP contribution is -2.28. The number of hydrogen-bond donors (Lipinski definition) is 2. The topological polar surface area (TPSA) is 105 Å². The Kier molecular flexibility index (Phi) is 2.92. The van der Waals surface area contributed by atoms with Crippen molar-refractivity contribution >= 4 is 0 Å². The maximum atomic E-state index is 13.1. The van der Waals surface area contributed by atoms with Crippen LogP contribution in [0.3, 0.4) is 0 Å². The molecule has 7 heteroatoms. The summed E-state index contributed by atoms with van der Waals surface area (Å²) in [6, 6.07) is 7.43. The summed E-state index contributed by atoms with van der Waals surface area (Å²) >= 11 is 0. The third-order valence-electron chi connectivity index (χ3n) is 3.23. The average Bonchev–Trinajstić information content (AvgIpc) is 2.47. The number of aromatic nitrogens is 2. The predicted octanol–water partition coefficient (Wildman–Crippen LogP) is 1.13. The lowest BCUT2D eigenvalue weighted by atomic mass is 9.85. The van der Waals surface area contributed by atoms with Crippen LogP contribution in [0.25, 0.3) is 0 Å². The van der Waals surface area contributed by atoms with E-state index in [1.54, 1.807) is 0 Å². The fourth-order valence-electron chi connectivity index (χ4n) is 2.28. The molecule has 1 atom stereocenters. The Hall–Kier alpha value is -3.14. The average molecular weight is 284 g/mol. The van der Waals surface area contributed by atoms with E-state index in [0.717, 1.165) is 0 Å². The zero-order chi connectivity index (χ0) is 15.0. The third kappa shape index (κ3) is 2.03. The number of nitrogens with two attached hydrogens (primary N) is 1. The highest BCUT2D eigenvalue weighted by molar-refractivity contribution is 5.52. The van der Waals surface area contributed by atoms with Gasteiger partial charge in [-0.1, -0.05) is 12.1 Å². The molecule has 0 amide bonds. The van der Waals surface area contributed by atoms with Crippen molar-refractivity contribution in [2.75, 3.05) is 0 Å². The highest BCUT2D eigenvalue weighted by Crippen LogP contribution is 2.38. The first-order chi connectivity index (χ1) is 10.1. The summed E-state index contributed by atoms with van der Waals surface area (Å²) < 4.78 is 18.3. The van der Waals surface area contributed by atoms with E-state index in [1.807, 2.05) is 6.07 Å². The summed E-state index contributed by atoms with van der Waals surface area (Å²) in [4.78, 5) is 18.4. The van der Waals surface area contributed by atoms with Crippen LogP contribution in [0.5, 0.6) is 5.88 Å². The van der Waals surface area contributed by atoms with Crippen LogP contribution in [0, 0.1) is 17.1 Å². The van der Waals surface area contributed by atoms with E-state index >= 15 is 0 Å². The molecule has 0 saturated carbocycles. The number of H-pyrrole nitrogens is 1. The molecule has 1 aromatic carbocycles. The summed E-state index contributed by atoms with van der Waals surface area (Å²) in [6.45, 7) is 0. The van der Waals surface area contributed by atoms with Crippen molar-refractivity contribution in [3.05, 3.63) is 69.3 Å². The largest absolute Gasteiger partial charge is 0.422 e. The predicted molar refractivity (Wildman–Crippen MR) is 70.6 cm³/mol. The number of ether oxygens (including phenoxy) is 1. The molecular weight excluding hydrogens is 275 g/mol. The van der Waals surface area contributed by atoms with Crippen molar-refractivity contribution in [2.24, 2.45) is 5.73 Å². The van der Waals surface area contributed by atoms with Gasteiger partial charge in [0.15, 0.2) is 0 Å². The molecule has 1 aliphatic heterocycles. The van der Waals surface area contributed by atoms with E-state index in [0.29, 0.717) is 5.56 Å². The first-order valence-electron chi connectivity index (χ1n) is 6.02. The van der Waals surface area contributed by atoms with Gasteiger partial charge in [0.2, 0.25) is 11.8 Å². The summed E-state index contributed by atoms with van der Waals surface area (Å²) in [6.07, 6.45) is 1.19. The second-order valence-corrected chi connectivity index (χ2v) is 4.43. The van der Waals surface area contributed by atoms with Gasteiger partial charge in [-0.15, -0.1) is 0 Å². The van der Waals surface area contributed by atoms with Crippen LogP contribution in [0.2, 0.25) is 0 Å². The van der Waals surface area contributed by atoms with E-state index in [-0.39, 0.29) is 22.9 Å². The Morgan fingerprint density at radius 3 is 2.76 bits per heavy atom. The fraction of sp³-hybridized carbons (Fsp3) is 0.0714. The molecule has 0 bridgehead atoms. The van der Waals surface area contributed by atoms with Gasteiger partial charge in [-0.05, 0) is 17.7 Å². The molecule has 21 heavy (non-hydrogen) atoms. The molecule has 0 saturated heterocycles. The van der Waals surface area contributed by atoms with Crippen molar-refractivity contribution in [1.29, 1.82) is 5.26 Å². The second kappa shape index (κ2) is 4.76. The Bertz CT molecular complexity index is 833. The van der Waals surface area contributed by atoms with Gasteiger partial charge in [0, 0.05) is 0 Å². The Morgan fingerprint density at radius 2 is 2.10 bits per heavy atom. The van der Waals surface area contributed by atoms with Gasteiger partial charge in [0.05, 0.1) is 17.8 Å². The first-order valence-corrected chi connectivity index (χ1v) is 6.02. The van der Waals surface area contributed by atoms with E-state index in [1.165, 1.54) is 30.6 Å². The number of hydrogen-bond acceptors (Lipinski definition) is 5. The Labute approximate surface area is 118 Å². The minimum atomic E-state index is -0.739. The minimum absolute atomic E-state index is 0.0459. The molecule has 1 aromatic heterocycles. The van der Waals surface area contributed by atoms with Crippen molar-refractivity contribution in [3.63, 3.8) is 0 Å². The molecule has 104 valence electrons. The van der Waals surface area contributed by atoms with Gasteiger partial charge >= 0.3 is 0 Å². The number of nitrogens with one attached hydrogen (secondary N) is 1. The quantitative estimate of drug-likeness (QED) is 0.816. The molecule has 0 fully saturated rings. The van der Waals surface area contributed by atoms with Crippen molar-refractivity contribution in [1.82, 2.24) is 9.97 Å². The van der Waals surface area contributed by atoms with Crippen LogP contribution < -0.4 is 16.0 Å². The summed E-state index contributed by atoms with van der Waals surface area (Å²) in [5.41, 5.74) is 6.11.